The summed E-state index contributed by atoms with van der Waals surface area (Å²) in [5.41, 5.74) is 0.464. The van der Waals surface area contributed by atoms with Gasteiger partial charge >= 0.3 is 0 Å². The topological polar surface area (TPSA) is 75.2 Å². The van der Waals surface area contributed by atoms with Crippen molar-refractivity contribution in [3.8, 4) is 11.5 Å². The van der Waals surface area contributed by atoms with Gasteiger partial charge in [-0.25, -0.2) is 0 Å². The Kier molecular flexibility index (Phi) is 10.6. The Morgan fingerprint density at radius 3 is 2.45 bits per heavy atom. The van der Waals surface area contributed by atoms with E-state index in [1.165, 1.54) is 0 Å². The van der Waals surface area contributed by atoms with E-state index in [0.717, 1.165) is 37.9 Å². The highest BCUT2D eigenvalue weighted by atomic mass is 127. The highest BCUT2D eigenvalue weighted by Crippen LogP contribution is 2.39. The van der Waals surface area contributed by atoms with Crippen LogP contribution in [0.25, 0.3) is 0 Å². The minimum absolute atomic E-state index is 0. The van der Waals surface area contributed by atoms with Crippen LogP contribution in [0.2, 0.25) is 0 Å². The lowest BCUT2D eigenvalue weighted by molar-refractivity contribution is -0.138. The Morgan fingerprint density at radius 1 is 1.21 bits per heavy atom. The number of anilines is 1. The predicted molar refractivity (Wildman–Crippen MR) is 129 cm³/mol. The summed E-state index contributed by atoms with van der Waals surface area (Å²) in [5.74, 6) is 2.21. The van der Waals surface area contributed by atoms with Gasteiger partial charge in [0.25, 0.3) is 0 Å². The first-order valence-corrected chi connectivity index (χ1v) is 10.0. The number of carbonyl (C=O) groups excluding carboxylic acids is 1. The molecule has 1 aliphatic rings. The van der Waals surface area contributed by atoms with Gasteiger partial charge in [-0.05, 0) is 38.8 Å². The van der Waals surface area contributed by atoms with Gasteiger partial charge in [-0.15, -0.1) is 24.0 Å². The maximum atomic E-state index is 12.8. The molecule has 164 valence electrons. The maximum absolute atomic E-state index is 12.8. The number of carbonyl (C=O) groups is 1. The second-order valence-corrected chi connectivity index (χ2v) is 7.31. The Hall–Kier alpha value is -1.71. The molecule has 0 spiro atoms. The minimum atomic E-state index is -0.387. The fourth-order valence-electron chi connectivity index (χ4n) is 3.66. The molecule has 0 radical (unpaired) electrons. The smallest absolute Gasteiger partial charge is 0.230 e. The molecule has 1 saturated carbocycles. The first-order valence-electron chi connectivity index (χ1n) is 10.0. The monoisotopic (exact) mass is 518 g/mol. The molecule has 0 bridgehead atoms. The number of halogens is 1. The van der Waals surface area contributed by atoms with Crippen molar-refractivity contribution in [2.75, 3.05) is 46.2 Å². The third kappa shape index (κ3) is 6.65. The summed E-state index contributed by atoms with van der Waals surface area (Å²) < 4.78 is 11.0. The van der Waals surface area contributed by atoms with Crippen LogP contribution in [0.1, 0.15) is 39.5 Å². The van der Waals surface area contributed by atoms with Crippen LogP contribution in [0.3, 0.4) is 0 Å². The molecule has 1 aliphatic carbocycles. The molecule has 0 atom stereocenters. The largest absolute Gasteiger partial charge is 0.493 e. The van der Waals surface area contributed by atoms with E-state index in [2.05, 4.69) is 10.6 Å². The maximum Gasteiger partial charge on any atom is 0.230 e. The van der Waals surface area contributed by atoms with Crippen molar-refractivity contribution in [1.29, 1.82) is 0 Å². The standard InChI is InChI=1S/C21H34N4O3.HI/c1-6-22-20(23-15-21(12-8-9-13-21)19(26)25(3)4)24-16-10-11-17(27-5)18(14-16)28-7-2;/h10-11,14H,6-9,12-13,15H2,1-5H3,(H2,22,23,24);1H. The second-order valence-electron chi connectivity index (χ2n) is 7.31. The quantitative estimate of drug-likeness (QED) is 0.312. The zero-order chi connectivity index (χ0) is 20.6. The average molecular weight is 518 g/mol. The van der Waals surface area contributed by atoms with Crippen molar-refractivity contribution in [1.82, 2.24) is 10.2 Å². The molecule has 0 saturated heterocycles. The number of methoxy groups -OCH3 is 1. The Bertz CT molecular complexity index is 689. The lowest BCUT2D eigenvalue weighted by Gasteiger charge is -2.29. The fourth-order valence-corrected chi connectivity index (χ4v) is 3.66. The summed E-state index contributed by atoms with van der Waals surface area (Å²) >= 11 is 0. The van der Waals surface area contributed by atoms with Crippen LogP contribution < -0.4 is 20.1 Å². The Labute approximate surface area is 191 Å². The summed E-state index contributed by atoms with van der Waals surface area (Å²) in [5, 5.41) is 6.58. The summed E-state index contributed by atoms with van der Waals surface area (Å²) in [6, 6.07) is 5.68. The van der Waals surface area contributed by atoms with E-state index in [1.807, 2.05) is 46.1 Å². The van der Waals surface area contributed by atoms with Gasteiger partial charge in [-0.1, -0.05) is 12.8 Å². The van der Waals surface area contributed by atoms with Gasteiger partial charge in [0.05, 0.1) is 25.7 Å². The van der Waals surface area contributed by atoms with E-state index in [0.29, 0.717) is 30.6 Å². The normalized spacial score (nSPS) is 15.3. The Morgan fingerprint density at radius 2 is 1.90 bits per heavy atom. The number of rotatable bonds is 8. The van der Waals surface area contributed by atoms with E-state index in [4.69, 9.17) is 14.5 Å². The van der Waals surface area contributed by atoms with Crippen molar-refractivity contribution < 1.29 is 14.3 Å². The molecule has 0 heterocycles. The van der Waals surface area contributed by atoms with Gasteiger partial charge in [0.2, 0.25) is 5.91 Å². The molecule has 1 aromatic rings. The first kappa shape index (κ1) is 25.3. The number of amides is 1. The second kappa shape index (κ2) is 12.1. The summed E-state index contributed by atoms with van der Waals surface area (Å²) in [6.45, 7) is 5.73. The highest BCUT2D eigenvalue weighted by molar-refractivity contribution is 14.0. The zero-order valence-corrected chi connectivity index (χ0v) is 20.5. The molecule has 0 unspecified atom stereocenters. The molecule has 0 aliphatic heterocycles. The van der Waals surface area contributed by atoms with Gasteiger partial charge in [-0.2, -0.15) is 0 Å². The number of hydrogen-bond donors (Lipinski definition) is 2. The predicted octanol–water partition coefficient (Wildman–Crippen LogP) is 3.74. The van der Waals surface area contributed by atoms with E-state index < -0.39 is 0 Å². The van der Waals surface area contributed by atoms with E-state index >= 15 is 0 Å². The third-order valence-corrected chi connectivity index (χ3v) is 5.03. The number of ether oxygens (including phenoxy) is 2. The van der Waals surface area contributed by atoms with Crippen LogP contribution in [0.15, 0.2) is 23.2 Å². The van der Waals surface area contributed by atoms with Crippen LogP contribution in [-0.4, -0.2) is 57.7 Å². The van der Waals surface area contributed by atoms with Gasteiger partial charge in [0, 0.05) is 32.4 Å². The van der Waals surface area contributed by atoms with Crippen LogP contribution in [0, 0.1) is 5.41 Å². The van der Waals surface area contributed by atoms with Crippen molar-refractivity contribution in [3.63, 3.8) is 0 Å². The number of aliphatic imine (C=N–C) groups is 1. The molecule has 1 fully saturated rings. The number of benzene rings is 1. The van der Waals surface area contributed by atoms with Crippen molar-refractivity contribution in [3.05, 3.63) is 18.2 Å². The SMILES string of the molecule is CCNC(=NCC1(C(=O)N(C)C)CCCC1)Nc1ccc(OC)c(OCC)c1.I. The molecule has 29 heavy (non-hydrogen) atoms. The number of nitrogens with one attached hydrogen (secondary N) is 2. The van der Waals surface area contributed by atoms with Gasteiger partial charge < -0.3 is 25.0 Å². The molecular formula is C21H35IN4O3. The lowest BCUT2D eigenvalue weighted by atomic mass is 9.85. The Balaban J connectivity index is 0.00000420. The molecule has 2 N–H and O–H groups in total. The number of guanidine groups is 1. The van der Waals surface area contributed by atoms with Gasteiger partial charge in [-0.3, -0.25) is 9.79 Å². The first-order chi connectivity index (χ1) is 13.5. The van der Waals surface area contributed by atoms with Crippen LogP contribution >= 0.6 is 24.0 Å². The average Bonchev–Trinajstić information content (AvgIpc) is 3.16. The van der Waals surface area contributed by atoms with E-state index in [9.17, 15) is 4.79 Å². The minimum Gasteiger partial charge on any atom is -0.493 e. The third-order valence-electron chi connectivity index (χ3n) is 5.03. The van der Waals surface area contributed by atoms with E-state index in [1.54, 1.807) is 12.0 Å². The van der Waals surface area contributed by atoms with Gasteiger partial charge in [0.15, 0.2) is 17.5 Å². The van der Waals surface area contributed by atoms with Gasteiger partial charge in [0.1, 0.15) is 0 Å². The highest BCUT2D eigenvalue weighted by Gasteiger charge is 2.42. The van der Waals surface area contributed by atoms with Crippen molar-refractivity contribution in [2.24, 2.45) is 10.4 Å². The van der Waals surface area contributed by atoms with Crippen LogP contribution in [-0.2, 0) is 4.79 Å². The molecule has 0 aromatic heterocycles. The molecular weight excluding hydrogens is 483 g/mol. The van der Waals surface area contributed by atoms with Crippen molar-refractivity contribution in [2.45, 2.75) is 39.5 Å². The summed E-state index contributed by atoms with van der Waals surface area (Å²) in [7, 11) is 5.27. The number of nitrogens with zero attached hydrogens (tertiary/aromatic N) is 2. The zero-order valence-electron chi connectivity index (χ0n) is 18.2. The molecule has 1 amide bonds. The molecule has 8 heteroatoms. The molecule has 1 aromatic carbocycles. The van der Waals surface area contributed by atoms with Crippen LogP contribution in [0.5, 0.6) is 11.5 Å². The summed E-state index contributed by atoms with van der Waals surface area (Å²) in [4.78, 5) is 19.2. The summed E-state index contributed by atoms with van der Waals surface area (Å²) in [6.07, 6.45) is 3.94. The van der Waals surface area contributed by atoms with E-state index in [-0.39, 0.29) is 35.3 Å². The van der Waals surface area contributed by atoms with Crippen LogP contribution in [0.4, 0.5) is 5.69 Å². The lowest BCUT2D eigenvalue weighted by Crippen LogP contribution is -2.41. The van der Waals surface area contributed by atoms with Crippen molar-refractivity contribution >= 4 is 41.5 Å². The molecule has 2 rings (SSSR count). The number of hydrogen-bond acceptors (Lipinski definition) is 4. The fraction of sp³-hybridized carbons (Fsp3) is 0.619. The molecule has 7 nitrogen and oxygen atoms in total.